The lowest BCUT2D eigenvalue weighted by atomic mass is 9.74. The summed E-state index contributed by atoms with van der Waals surface area (Å²) >= 11 is 0. The fourth-order valence-corrected chi connectivity index (χ4v) is 3.94. The van der Waals surface area contributed by atoms with E-state index in [1.54, 1.807) is 12.1 Å². The number of benzene rings is 1. The van der Waals surface area contributed by atoms with Gasteiger partial charge in [0.15, 0.2) is 15.6 Å². The van der Waals surface area contributed by atoms with Crippen molar-refractivity contribution >= 4 is 15.6 Å². The maximum atomic E-state index is 12.6. The van der Waals surface area contributed by atoms with Gasteiger partial charge in [-0.15, -0.1) is 0 Å². The van der Waals surface area contributed by atoms with Gasteiger partial charge in [0, 0.05) is 17.7 Å². The van der Waals surface area contributed by atoms with Crippen LogP contribution in [0.3, 0.4) is 0 Å². The van der Waals surface area contributed by atoms with Gasteiger partial charge in [0.05, 0.1) is 4.90 Å². The van der Waals surface area contributed by atoms with Crippen molar-refractivity contribution in [1.29, 1.82) is 0 Å². The van der Waals surface area contributed by atoms with Crippen LogP contribution in [0.1, 0.15) is 43.5 Å². The van der Waals surface area contributed by atoms with Gasteiger partial charge in [0.2, 0.25) is 0 Å². The van der Waals surface area contributed by atoms with E-state index in [1.165, 1.54) is 24.8 Å². The summed E-state index contributed by atoms with van der Waals surface area (Å²) in [6.45, 7) is 4.37. The van der Waals surface area contributed by atoms with Gasteiger partial charge >= 0.3 is 0 Å². The van der Waals surface area contributed by atoms with Gasteiger partial charge in [-0.2, -0.15) is 0 Å². The van der Waals surface area contributed by atoms with Gasteiger partial charge in [0.1, 0.15) is 0 Å². The molecule has 0 amide bonds. The first-order valence-corrected chi connectivity index (χ1v) is 9.01. The van der Waals surface area contributed by atoms with E-state index in [4.69, 9.17) is 0 Å². The van der Waals surface area contributed by atoms with E-state index in [0.29, 0.717) is 17.4 Å². The predicted molar refractivity (Wildman–Crippen MR) is 79.6 cm³/mol. The molecule has 1 fully saturated rings. The molecule has 0 aliphatic heterocycles. The van der Waals surface area contributed by atoms with Crippen molar-refractivity contribution < 1.29 is 13.2 Å². The molecule has 2 atom stereocenters. The van der Waals surface area contributed by atoms with Gasteiger partial charge in [-0.25, -0.2) is 8.42 Å². The Bertz CT molecular complexity index is 594. The van der Waals surface area contributed by atoms with Crippen molar-refractivity contribution in [2.45, 2.75) is 38.0 Å². The second-order valence-electron chi connectivity index (χ2n) is 6.28. The first-order valence-electron chi connectivity index (χ1n) is 7.11. The molecule has 0 aromatic heterocycles. The van der Waals surface area contributed by atoms with E-state index < -0.39 is 9.84 Å². The van der Waals surface area contributed by atoms with Crippen LogP contribution in [-0.4, -0.2) is 20.5 Å². The Morgan fingerprint density at radius 3 is 2.25 bits per heavy atom. The molecule has 1 saturated carbocycles. The lowest BCUT2D eigenvalue weighted by molar-refractivity contribution is 0.0836. The molecule has 20 heavy (non-hydrogen) atoms. The smallest absolute Gasteiger partial charge is 0.175 e. The molecular weight excluding hydrogens is 272 g/mol. The zero-order chi connectivity index (χ0) is 14.9. The average Bonchev–Trinajstić information content (AvgIpc) is 2.36. The highest BCUT2D eigenvalue weighted by atomic mass is 32.2. The van der Waals surface area contributed by atoms with Gasteiger partial charge in [-0.1, -0.05) is 26.0 Å². The van der Waals surface area contributed by atoms with Gasteiger partial charge in [-0.05, 0) is 43.2 Å². The normalized spacial score (nSPS) is 27.2. The topological polar surface area (TPSA) is 51.2 Å². The van der Waals surface area contributed by atoms with E-state index in [1.807, 2.05) is 0 Å². The van der Waals surface area contributed by atoms with Crippen LogP contribution in [0, 0.1) is 17.8 Å². The summed E-state index contributed by atoms with van der Waals surface area (Å²) in [4.78, 5) is 12.8. The Kier molecular flexibility index (Phi) is 4.33. The van der Waals surface area contributed by atoms with Crippen LogP contribution < -0.4 is 0 Å². The molecule has 0 radical (unpaired) electrons. The number of sulfone groups is 1. The lowest BCUT2D eigenvalue weighted by Crippen LogP contribution is -2.26. The highest BCUT2D eigenvalue weighted by Gasteiger charge is 2.29. The Labute approximate surface area is 121 Å². The molecule has 2 unspecified atom stereocenters. The molecule has 0 heterocycles. The monoisotopic (exact) mass is 294 g/mol. The first kappa shape index (κ1) is 15.2. The van der Waals surface area contributed by atoms with E-state index in [-0.39, 0.29) is 16.6 Å². The summed E-state index contributed by atoms with van der Waals surface area (Å²) in [6.07, 6.45) is 4.16. The Morgan fingerprint density at radius 2 is 1.70 bits per heavy atom. The van der Waals surface area contributed by atoms with Crippen LogP contribution in [0.5, 0.6) is 0 Å². The second-order valence-corrected chi connectivity index (χ2v) is 8.29. The van der Waals surface area contributed by atoms with Gasteiger partial charge < -0.3 is 0 Å². The molecule has 0 saturated heterocycles. The SMILES string of the molecule is CC1CC(C)CC(C(=O)c2cccc(S(C)(=O)=O)c2)C1. The summed E-state index contributed by atoms with van der Waals surface area (Å²) in [5, 5.41) is 0. The molecule has 0 N–H and O–H groups in total. The quantitative estimate of drug-likeness (QED) is 0.803. The van der Waals surface area contributed by atoms with Crippen molar-refractivity contribution in [1.82, 2.24) is 0 Å². The highest BCUT2D eigenvalue weighted by molar-refractivity contribution is 7.90. The third-order valence-electron chi connectivity index (χ3n) is 4.10. The number of carbonyl (C=O) groups is 1. The number of hydrogen-bond acceptors (Lipinski definition) is 3. The summed E-state index contributed by atoms with van der Waals surface area (Å²) in [5.41, 5.74) is 0.527. The lowest BCUT2D eigenvalue weighted by Gasteiger charge is -2.30. The van der Waals surface area contributed by atoms with E-state index in [9.17, 15) is 13.2 Å². The van der Waals surface area contributed by atoms with Crippen LogP contribution in [0.15, 0.2) is 29.2 Å². The molecule has 1 aliphatic rings. The molecule has 0 spiro atoms. The fraction of sp³-hybridized carbons (Fsp3) is 0.562. The predicted octanol–water partition coefficient (Wildman–Crippen LogP) is 3.35. The molecule has 2 rings (SSSR count). The van der Waals surface area contributed by atoms with Crippen LogP contribution in [0.4, 0.5) is 0 Å². The van der Waals surface area contributed by atoms with Crippen LogP contribution >= 0.6 is 0 Å². The number of carbonyl (C=O) groups excluding carboxylic acids is 1. The van der Waals surface area contributed by atoms with E-state index >= 15 is 0 Å². The molecule has 0 bridgehead atoms. The zero-order valence-corrected chi connectivity index (χ0v) is 13.1. The largest absolute Gasteiger partial charge is 0.294 e. The average molecular weight is 294 g/mol. The van der Waals surface area contributed by atoms with E-state index in [2.05, 4.69) is 13.8 Å². The molecule has 110 valence electrons. The van der Waals surface area contributed by atoms with Gasteiger partial charge in [-0.3, -0.25) is 4.79 Å². The number of hydrogen-bond donors (Lipinski definition) is 0. The number of Topliss-reactive ketones (excluding diaryl/α,β-unsaturated/α-hetero) is 1. The molecule has 3 nitrogen and oxygen atoms in total. The summed E-state index contributed by atoms with van der Waals surface area (Å²) in [6, 6.07) is 6.43. The molecule has 1 aliphatic carbocycles. The van der Waals surface area contributed by atoms with Crippen molar-refractivity contribution in [3.05, 3.63) is 29.8 Å². The second kappa shape index (κ2) is 5.68. The minimum Gasteiger partial charge on any atom is -0.294 e. The number of ketones is 1. The minimum atomic E-state index is -3.26. The van der Waals surface area contributed by atoms with E-state index in [0.717, 1.165) is 12.8 Å². The van der Waals surface area contributed by atoms with Gasteiger partial charge in [0.25, 0.3) is 0 Å². The first-order chi connectivity index (χ1) is 9.27. The van der Waals surface area contributed by atoms with Crippen molar-refractivity contribution in [2.75, 3.05) is 6.26 Å². The maximum absolute atomic E-state index is 12.6. The van der Waals surface area contributed by atoms with Crippen molar-refractivity contribution in [3.63, 3.8) is 0 Å². The molecule has 1 aromatic carbocycles. The highest BCUT2D eigenvalue weighted by Crippen LogP contribution is 2.34. The van der Waals surface area contributed by atoms with Crippen LogP contribution in [0.25, 0.3) is 0 Å². The summed E-state index contributed by atoms with van der Waals surface area (Å²) in [5.74, 6) is 1.24. The third kappa shape index (κ3) is 3.48. The van der Waals surface area contributed by atoms with Crippen LogP contribution in [-0.2, 0) is 9.84 Å². The molecule has 1 aromatic rings. The van der Waals surface area contributed by atoms with Crippen molar-refractivity contribution in [3.8, 4) is 0 Å². The Balaban J connectivity index is 2.25. The van der Waals surface area contributed by atoms with Crippen molar-refractivity contribution in [2.24, 2.45) is 17.8 Å². The molecular formula is C16H22O3S. The summed E-state index contributed by atoms with van der Waals surface area (Å²) in [7, 11) is -3.26. The minimum absolute atomic E-state index is 0.0311. The molecule has 4 heteroatoms. The number of rotatable bonds is 3. The Morgan fingerprint density at radius 1 is 1.10 bits per heavy atom. The third-order valence-corrected chi connectivity index (χ3v) is 5.21. The fourth-order valence-electron chi connectivity index (χ4n) is 3.28. The zero-order valence-electron chi connectivity index (χ0n) is 12.3. The maximum Gasteiger partial charge on any atom is 0.175 e. The standard InChI is InChI=1S/C16H22O3S/c1-11-7-12(2)9-14(8-11)16(17)13-5-4-6-15(10-13)20(3,18)19/h4-6,10-12,14H,7-9H2,1-3H3. The van der Waals surface area contributed by atoms with Crippen LogP contribution in [0.2, 0.25) is 0 Å². The Hall–Kier alpha value is -1.16. The summed E-state index contributed by atoms with van der Waals surface area (Å²) < 4.78 is 23.2.